The van der Waals surface area contributed by atoms with Crippen molar-refractivity contribution in [2.45, 2.75) is 25.2 Å². The molecule has 5 heteroatoms. The van der Waals surface area contributed by atoms with E-state index in [1.807, 2.05) is 34.1 Å². The lowest BCUT2D eigenvalue weighted by molar-refractivity contribution is -0.127. The molecule has 1 N–H and O–H groups in total. The highest BCUT2D eigenvalue weighted by Crippen LogP contribution is 2.38. The highest BCUT2D eigenvalue weighted by Gasteiger charge is 2.33. The lowest BCUT2D eigenvalue weighted by Gasteiger charge is -2.19. The average molecular weight is 323 g/mol. The van der Waals surface area contributed by atoms with Crippen LogP contribution in [0.4, 0.5) is 5.69 Å². The lowest BCUT2D eigenvalue weighted by Crippen LogP contribution is -2.31. The summed E-state index contributed by atoms with van der Waals surface area (Å²) in [4.78, 5) is 31.4. The van der Waals surface area contributed by atoms with E-state index in [-0.39, 0.29) is 17.7 Å². The molecule has 2 aromatic rings. The van der Waals surface area contributed by atoms with E-state index in [0.717, 1.165) is 31.6 Å². The van der Waals surface area contributed by atoms with E-state index in [4.69, 9.17) is 0 Å². The predicted molar refractivity (Wildman–Crippen MR) is 92.1 cm³/mol. The normalized spacial score (nSPS) is 19.8. The Bertz CT molecular complexity index is 754. The fraction of sp³-hybridized carbons (Fsp3) is 0.368. The molecule has 0 spiro atoms. The standard InChI is InChI=1S/C19H21N3O2/c23-18-8-4-11-21(18)12-9-14-13-22(17-7-2-1-5-15(14)17)19(24)16-6-3-10-20-16/h1-3,5-7,10,14,20H,4,8-9,11-13H2/t14-/m0/s1. The van der Waals surface area contributed by atoms with Crippen molar-refractivity contribution in [2.24, 2.45) is 0 Å². The van der Waals surface area contributed by atoms with Gasteiger partial charge in [-0.2, -0.15) is 0 Å². The third kappa shape index (κ3) is 2.60. The molecule has 0 aliphatic carbocycles. The molecule has 124 valence electrons. The van der Waals surface area contributed by atoms with Gasteiger partial charge >= 0.3 is 0 Å². The number of H-pyrrole nitrogens is 1. The number of anilines is 1. The highest BCUT2D eigenvalue weighted by atomic mass is 16.2. The third-order valence-corrected chi connectivity index (χ3v) is 5.06. The maximum absolute atomic E-state index is 12.8. The van der Waals surface area contributed by atoms with Gasteiger partial charge in [-0.05, 0) is 36.6 Å². The number of aromatic nitrogens is 1. The summed E-state index contributed by atoms with van der Waals surface area (Å²) in [7, 11) is 0. The van der Waals surface area contributed by atoms with Crippen molar-refractivity contribution < 1.29 is 9.59 Å². The number of carbonyl (C=O) groups is 2. The second-order valence-electron chi connectivity index (χ2n) is 6.53. The molecule has 3 heterocycles. The first-order chi connectivity index (χ1) is 11.7. The summed E-state index contributed by atoms with van der Waals surface area (Å²) < 4.78 is 0. The molecule has 24 heavy (non-hydrogen) atoms. The number of para-hydroxylation sites is 1. The van der Waals surface area contributed by atoms with E-state index in [1.165, 1.54) is 5.56 Å². The van der Waals surface area contributed by atoms with Crippen LogP contribution < -0.4 is 4.90 Å². The van der Waals surface area contributed by atoms with Crippen LogP contribution in [0.2, 0.25) is 0 Å². The Morgan fingerprint density at radius 1 is 1.21 bits per heavy atom. The van der Waals surface area contributed by atoms with Gasteiger partial charge in [0, 0.05) is 43.9 Å². The summed E-state index contributed by atoms with van der Waals surface area (Å²) in [6, 6.07) is 11.8. The van der Waals surface area contributed by atoms with E-state index in [1.54, 1.807) is 12.3 Å². The van der Waals surface area contributed by atoms with Crippen molar-refractivity contribution in [3.63, 3.8) is 0 Å². The van der Waals surface area contributed by atoms with Gasteiger partial charge in [-0.15, -0.1) is 0 Å². The number of rotatable bonds is 4. The van der Waals surface area contributed by atoms with Gasteiger partial charge in [-0.1, -0.05) is 18.2 Å². The number of likely N-dealkylation sites (tertiary alicyclic amines) is 1. The fourth-order valence-corrected chi connectivity index (χ4v) is 3.80. The van der Waals surface area contributed by atoms with E-state index in [0.29, 0.717) is 18.7 Å². The summed E-state index contributed by atoms with van der Waals surface area (Å²) in [5.41, 5.74) is 2.82. The highest BCUT2D eigenvalue weighted by molar-refractivity contribution is 6.06. The molecule has 2 amide bonds. The summed E-state index contributed by atoms with van der Waals surface area (Å²) in [5, 5.41) is 0. The lowest BCUT2D eigenvalue weighted by atomic mass is 9.98. The number of amides is 2. The summed E-state index contributed by atoms with van der Waals surface area (Å²) in [6.07, 6.45) is 4.32. The number of carbonyl (C=O) groups excluding carboxylic acids is 2. The maximum Gasteiger partial charge on any atom is 0.274 e. The van der Waals surface area contributed by atoms with Gasteiger partial charge in [0.05, 0.1) is 0 Å². The van der Waals surface area contributed by atoms with Gasteiger partial charge in [-0.3, -0.25) is 9.59 Å². The van der Waals surface area contributed by atoms with Crippen LogP contribution in [0.5, 0.6) is 0 Å². The molecular weight excluding hydrogens is 302 g/mol. The molecule has 1 aromatic heterocycles. The first kappa shape index (κ1) is 15.0. The Hall–Kier alpha value is -2.56. The van der Waals surface area contributed by atoms with Crippen LogP contribution in [-0.2, 0) is 4.79 Å². The molecular formula is C19H21N3O2. The third-order valence-electron chi connectivity index (χ3n) is 5.06. The van der Waals surface area contributed by atoms with Crippen molar-refractivity contribution in [1.82, 2.24) is 9.88 Å². The van der Waals surface area contributed by atoms with Gasteiger partial charge in [0.2, 0.25) is 5.91 Å². The number of benzene rings is 1. The smallest absolute Gasteiger partial charge is 0.274 e. The Kier molecular flexibility index (Phi) is 3.84. The summed E-state index contributed by atoms with van der Waals surface area (Å²) >= 11 is 0. The molecule has 0 radical (unpaired) electrons. The quantitative estimate of drug-likeness (QED) is 0.940. The molecule has 1 aromatic carbocycles. The molecule has 0 unspecified atom stereocenters. The second kappa shape index (κ2) is 6.15. The Morgan fingerprint density at radius 3 is 2.83 bits per heavy atom. The minimum Gasteiger partial charge on any atom is -0.357 e. The van der Waals surface area contributed by atoms with Crippen molar-refractivity contribution >= 4 is 17.5 Å². The van der Waals surface area contributed by atoms with Crippen LogP contribution >= 0.6 is 0 Å². The first-order valence-electron chi connectivity index (χ1n) is 8.56. The van der Waals surface area contributed by atoms with Gasteiger partial charge in [-0.25, -0.2) is 0 Å². The van der Waals surface area contributed by atoms with Crippen molar-refractivity contribution in [1.29, 1.82) is 0 Å². The number of nitrogens with zero attached hydrogens (tertiary/aromatic N) is 2. The molecule has 5 nitrogen and oxygen atoms in total. The Labute approximate surface area is 141 Å². The number of hydrogen-bond donors (Lipinski definition) is 1. The van der Waals surface area contributed by atoms with E-state index < -0.39 is 0 Å². The zero-order valence-corrected chi connectivity index (χ0v) is 13.6. The number of aromatic amines is 1. The molecule has 1 fully saturated rings. The van der Waals surface area contributed by atoms with E-state index in [9.17, 15) is 9.59 Å². The van der Waals surface area contributed by atoms with Crippen LogP contribution in [0, 0.1) is 0 Å². The van der Waals surface area contributed by atoms with Crippen LogP contribution in [0.1, 0.15) is 41.2 Å². The minimum absolute atomic E-state index is 0.00667. The fourth-order valence-electron chi connectivity index (χ4n) is 3.80. The molecule has 2 aliphatic rings. The number of nitrogens with one attached hydrogen (secondary N) is 1. The van der Waals surface area contributed by atoms with Crippen LogP contribution in [0.15, 0.2) is 42.6 Å². The minimum atomic E-state index is 0.00667. The first-order valence-corrected chi connectivity index (χ1v) is 8.56. The zero-order chi connectivity index (χ0) is 16.5. The monoisotopic (exact) mass is 323 g/mol. The largest absolute Gasteiger partial charge is 0.357 e. The molecule has 4 rings (SSSR count). The predicted octanol–water partition coefficient (Wildman–Crippen LogP) is 2.77. The zero-order valence-electron chi connectivity index (χ0n) is 13.6. The molecule has 1 saturated heterocycles. The summed E-state index contributed by atoms with van der Waals surface area (Å²) in [6.45, 7) is 2.33. The van der Waals surface area contributed by atoms with Crippen molar-refractivity contribution in [3.05, 3.63) is 53.9 Å². The van der Waals surface area contributed by atoms with Crippen LogP contribution in [0.25, 0.3) is 0 Å². The van der Waals surface area contributed by atoms with Crippen molar-refractivity contribution in [2.75, 3.05) is 24.5 Å². The van der Waals surface area contributed by atoms with Crippen LogP contribution in [0.3, 0.4) is 0 Å². The molecule has 0 bridgehead atoms. The summed E-state index contributed by atoms with van der Waals surface area (Å²) in [5.74, 6) is 0.557. The number of fused-ring (bicyclic) bond motifs is 1. The average Bonchev–Trinajstić information content (AvgIpc) is 3.33. The molecule has 2 aliphatic heterocycles. The SMILES string of the molecule is O=C1CCCN1CC[C@H]1CN(C(=O)c2ccc[nH]2)c2ccccc21. The van der Waals surface area contributed by atoms with Crippen LogP contribution in [-0.4, -0.2) is 41.3 Å². The van der Waals surface area contributed by atoms with Gasteiger partial charge in [0.25, 0.3) is 5.91 Å². The van der Waals surface area contributed by atoms with Crippen molar-refractivity contribution in [3.8, 4) is 0 Å². The second-order valence-corrected chi connectivity index (χ2v) is 6.53. The van der Waals surface area contributed by atoms with Gasteiger partial charge in [0.1, 0.15) is 5.69 Å². The van der Waals surface area contributed by atoms with Gasteiger partial charge in [0.15, 0.2) is 0 Å². The van der Waals surface area contributed by atoms with Gasteiger partial charge < -0.3 is 14.8 Å². The number of hydrogen-bond acceptors (Lipinski definition) is 2. The maximum atomic E-state index is 12.8. The van der Waals surface area contributed by atoms with E-state index >= 15 is 0 Å². The van der Waals surface area contributed by atoms with E-state index in [2.05, 4.69) is 11.1 Å². The Morgan fingerprint density at radius 2 is 2.08 bits per heavy atom. The Balaban J connectivity index is 1.52. The molecule has 1 atom stereocenters. The molecule has 0 saturated carbocycles. The topological polar surface area (TPSA) is 56.4 Å².